The maximum absolute atomic E-state index is 13.3. The summed E-state index contributed by atoms with van der Waals surface area (Å²) in [6.07, 6.45) is 7.70. The van der Waals surface area contributed by atoms with Crippen LogP contribution in [0.5, 0.6) is 0 Å². The Kier molecular flexibility index (Phi) is 6.59. The molecular formula is C28H34N8O2. The van der Waals surface area contributed by atoms with Gasteiger partial charge in [-0.1, -0.05) is 12.2 Å². The predicted molar refractivity (Wildman–Crippen MR) is 150 cm³/mol. The van der Waals surface area contributed by atoms with Crippen LogP contribution in [0.4, 0.5) is 17.3 Å². The lowest BCUT2D eigenvalue weighted by Crippen LogP contribution is -2.44. The molecule has 198 valence electrons. The molecule has 1 saturated heterocycles. The number of hydrogen-bond donors (Lipinski definition) is 2. The topological polar surface area (TPSA) is 104 Å². The molecule has 10 nitrogen and oxygen atoms in total. The number of fused-ring (bicyclic) bond motifs is 2. The van der Waals surface area contributed by atoms with Crippen LogP contribution < -0.4 is 15.8 Å². The molecule has 0 spiro atoms. The van der Waals surface area contributed by atoms with E-state index in [9.17, 15) is 9.90 Å². The zero-order valence-corrected chi connectivity index (χ0v) is 21.8. The number of dihydropyridines is 1. The Morgan fingerprint density at radius 1 is 1.18 bits per heavy atom. The van der Waals surface area contributed by atoms with Crippen molar-refractivity contribution < 1.29 is 5.11 Å². The first-order chi connectivity index (χ1) is 18.5. The number of aliphatic imine (C=N–C) groups is 1. The highest BCUT2D eigenvalue weighted by Gasteiger charge is 2.29. The molecule has 2 aliphatic heterocycles. The molecule has 38 heavy (non-hydrogen) atoms. The van der Waals surface area contributed by atoms with E-state index in [1.165, 1.54) is 5.69 Å². The molecule has 3 aliphatic rings. The Balaban J connectivity index is 1.31. The highest BCUT2D eigenvalue weighted by Crippen LogP contribution is 2.32. The van der Waals surface area contributed by atoms with Crippen LogP contribution in [-0.2, 0) is 6.54 Å². The molecule has 2 fully saturated rings. The Bertz CT molecular complexity index is 1460. The van der Waals surface area contributed by atoms with Gasteiger partial charge in [0.25, 0.3) is 5.56 Å². The molecule has 2 N–H and O–H groups in total. The molecule has 1 saturated carbocycles. The summed E-state index contributed by atoms with van der Waals surface area (Å²) < 4.78 is 3.45. The van der Waals surface area contributed by atoms with Gasteiger partial charge in [0.1, 0.15) is 11.6 Å². The molecular weight excluding hydrogens is 480 g/mol. The minimum atomic E-state index is -0.570. The molecule has 4 heterocycles. The van der Waals surface area contributed by atoms with Crippen LogP contribution in [0.2, 0.25) is 0 Å². The summed E-state index contributed by atoms with van der Waals surface area (Å²) in [6.45, 7) is 8.31. The second-order valence-electron chi connectivity index (χ2n) is 10.3. The number of aliphatic hydroxyl groups excluding tert-OH is 1. The lowest BCUT2D eigenvalue weighted by molar-refractivity contribution is 0.218. The van der Waals surface area contributed by atoms with Crippen molar-refractivity contribution in [1.29, 1.82) is 0 Å². The fraction of sp³-hybridized carbons (Fsp3) is 0.429. The molecule has 0 amide bonds. The molecule has 6 rings (SSSR count). The zero-order chi connectivity index (χ0) is 26.2. The third-order valence-corrected chi connectivity index (χ3v) is 7.72. The number of nitrogens with zero attached hydrogens (tertiary/aromatic N) is 7. The second-order valence-corrected chi connectivity index (χ2v) is 10.3. The minimum Gasteiger partial charge on any atom is -0.387 e. The van der Waals surface area contributed by atoms with Crippen molar-refractivity contribution in [2.24, 2.45) is 4.99 Å². The number of allylic oxidation sites excluding steroid dienone is 1. The van der Waals surface area contributed by atoms with Gasteiger partial charge in [0.05, 0.1) is 18.4 Å². The van der Waals surface area contributed by atoms with Crippen LogP contribution in [0.15, 0.2) is 64.6 Å². The molecule has 2 atom stereocenters. The minimum absolute atomic E-state index is 0.179. The summed E-state index contributed by atoms with van der Waals surface area (Å²) >= 11 is 0. The van der Waals surface area contributed by atoms with Crippen LogP contribution in [0.3, 0.4) is 0 Å². The van der Waals surface area contributed by atoms with E-state index in [-0.39, 0.29) is 11.7 Å². The van der Waals surface area contributed by atoms with Gasteiger partial charge in [-0.05, 0) is 56.1 Å². The van der Waals surface area contributed by atoms with E-state index in [2.05, 4.69) is 51.9 Å². The standard InChI is InChI=1S/C28H34N8O2/c1-3-13-35-27(38)22-18-29-28(30-20-8-10-21(11-9-20)34-16-14-33(2)15-17-34)32-26(22)36(35)24-12-7-19-5-4-6-23(37)25(19)31-24/h3,7-11,18,23-24,37H,1,4-6,12-17H2,2H3,(H,29,30,32). The molecule has 1 aromatic carbocycles. The molecule has 2 unspecified atom stereocenters. The van der Waals surface area contributed by atoms with Crippen molar-refractivity contribution in [3.63, 3.8) is 0 Å². The van der Waals surface area contributed by atoms with Crippen molar-refractivity contribution in [2.75, 3.05) is 43.4 Å². The Morgan fingerprint density at radius 2 is 1.97 bits per heavy atom. The largest absolute Gasteiger partial charge is 0.387 e. The number of anilines is 3. The normalized spacial score (nSPS) is 22.1. The monoisotopic (exact) mass is 514 g/mol. The van der Waals surface area contributed by atoms with Crippen molar-refractivity contribution in [2.45, 2.75) is 44.5 Å². The van der Waals surface area contributed by atoms with Gasteiger partial charge < -0.3 is 20.2 Å². The Hall–Kier alpha value is -3.76. The van der Waals surface area contributed by atoms with Gasteiger partial charge in [-0.25, -0.2) is 14.3 Å². The van der Waals surface area contributed by atoms with E-state index < -0.39 is 6.10 Å². The smallest absolute Gasteiger partial charge is 0.278 e. The van der Waals surface area contributed by atoms with Crippen LogP contribution in [-0.4, -0.2) is 74.4 Å². The SMILES string of the molecule is C=CCn1c(=O)c2cnc(Nc3ccc(N4CCN(C)CC4)cc3)nc2n1C1CC=C2CCCC(O)C2=N1. The van der Waals surface area contributed by atoms with Crippen LogP contribution >= 0.6 is 0 Å². The predicted octanol–water partition coefficient (Wildman–Crippen LogP) is 3.09. The fourth-order valence-electron chi connectivity index (χ4n) is 5.61. The van der Waals surface area contributed by atoms with Gasteiger partial charge in [0.2, 0.25) is 5.95 Å². The van der Waals surface area contributed by atoms with Gasteiger partial charge in [0, 0.05) is 50.2 Å². The maximum atomic E-state index is 13.3. The number of benzene rings is 1. The van der Waals surface area contributed by atoms with Crippen molar-refractivity contribution >= 4 is 34.1 Å². The second kappa shape index (κ2) is 10.2. The lowest BCUT2D eigenvalue weighted by atomic mass is 9.88. The van der Waals surface area contributed by atoms with E-state index in [4.69, 9.17) is 9.98 Å². The molecule has 1 aliphatic carbocycles. The number of hydrogen-bond acceptors (Lipinski definition) is 8. The number of rotatable bonds is 6. The van der Waals surface area contributed by atoms with Crippen molar-refractivity contribution in [3.8, 4) is 0 Å². The fourth-order valence-corrected chi connectivity index (χ4v) is 5.61. The maximum Gasteiger partial charge on any atom is 0.278 e. The van der Waals surface area contributed by atoms with Gasteiger partial charge in [0.15, 0.2) is 5.65 Å². The van der Waals surface area contributed by atoms with Crippen molar-refractivity contribution in [1.82, 2.24) is 24.2 Å². The van der Waals surface area contributed by atoms with Gasteiger partial charge in [-0.2, -0.15) is 4.98 Å². The first-order valence-corrected chi connectivity index (χ1v) is 13.4. The third-order valence-electron chi connectivity index (χ3n) is 7.72. The molecule has 0 bridgehead atoms. The van der Waals surface area contributed by atoms with E-state index in [1.807, 2.05) is 16.8 Å². The number of aromatic nitrogens is 4. The Labute approximate surface area is 221 Å². The number of piperazine rings is 1. The quantitative estimate of drug-likeness (QED) is 0.487. The average molecular weight is 515 g/mol. The number of likely N-dealkylation sites (N-methyl/N-ethyl adjacent to an activating group) is 1. The molecule has 2 aromatic heterocycles. The van der Waals surface area contributed by atoms with E-state index in [1.54, 1.807) is 17.0 Å². The van der Waals surface area contributed by atoms with Crippen LogP contribution in [0, 0.1) is 0 Å². The molecule has 3 aromatic rings. The highest BCUT2D eigenvalue weighted by atomic mass is 16.3. The third kappa shape index (κ3) is 4.54. The van der Waals surface area contributed by atoms with Crippen LogP contribution in [0.1, 0.15) is 31.8 Å². The summed E-state index contributed by atoms with van der Waals surface area (Å²) in [5.41, 5.74) is 4.26. The van der Waals surface area contributed by atoms with E-state index in [0.29, 0.717) is 36.4 Å². The number of aliphatic hydroxyl groups is 1. The lowest BCUT2D eigenvalue weighted by Gasteiger charge is -2.34. The summed E-state index contributed by atoms with van der Waals surface area (Å²) in [6, 6.07) is 8.28. The van der Waals surface area contributed by atoms with Gasteiger partial charge >= 0.3 is 0 Å². The van der Waals surface area contributed by atoms with Gasteiger partial charge in [-0.15, -0.1) is 6.58 Å². The summed E-state index contributed by atoms with van der Waals surface area (Å²) in [7, 11) is 2.15. The molecule has 10 heteroatoms. The Morgan fingerprint density at radius 3 is 2.74 bits per heavy atom. The molecule has 0 radical (unpaired) electrons. The van der Waals surface area contributed by atoms with Crippen molar-refractivity contribution in [3.05, 3.63) is 65.1 Å². The average Bonchev–Trinajstić information content (AvgIpc) is 3.20. The summed E-state index contributed by atoms with van der Waals surface area (Å²) in [5, 5.41) is 14.3. The summed E-state index contributed by atoms with van der Waals surface area (Å²) in [5.74, 6) is 0.409. The van der Waals surface area contributed by atoms with Gasteiger partial charge in [-0.3, -0.25) is 9.79 Å². The summed E-state index contributed by atoms with van der Waals surface area (Å²) in [4.78, 5) is 32.1. The first-order valence-electron chi connectivity index (χ1n) is 13.4. The van der Waals surface area contributed by atoms with E-state index in [0.717, 1.165) is 56.0 Å². The highest BCUT2D eigenvalue weighted by molar-refractivity contribution is 6.04. The first kappa shape index (κ1) is 24.6. The van der Waals surface area contributed by atoms with E-state index >= 15 is 0 Å². The van der Waals surface area contributed by atoms with Crippen LogP contribution in [0.25, 0.3) is 11.0 Å². The zero-order valence-electron chi connectivity index (χ0n) is 21.8. The number of nitrogens with one attached hydrogen (secondary N) is 1.